The number of pyridine rings is 1. The van der Waals surface area contributed by atoms with Crippen molar-refractivity contribution in [2.75, 3.05) is 35.6 Å². The number of piperidine rings is 1. The van der Waals surface area contributed by atoms with E-state index in [1.165, 1.54) is 18.2 Å². The molecule has 3 aromatic rings. The van der Waals surface area contributed by atoms with Crippen molar-refractivity contribution in [2.24, 2.45) is 0 Å². The second-order valence-electron chi connectivity index (χ2n) is 9.98. The summed E-state index contributed by atoms with van der Waals surface area (Å²) in [4.78, 5) is 32.2. The van der Waals surface area contributed by atoms with Crippen LogP contribution in [0.1, 0.15) is 56.2 Å². The number of hydrogen-bond acceptors (Lipinski definition) is 9. The lowest BCUT2D eigenvalue weighted by atomic mass is 9.92. The number of carbonyl (C=O) groups is 1. The van der Waals surface area contributed by atoms with Gasteiger partial charge in [0.15, 0.2) is 17.0 Å². The first-order chi connectivity index (χ1) is 18.3. The second-order valence-corrected chi connectivity index (χ2v) is 11.9. The maximum Gasteiger partial charge on any atom is 0.323 e. The first-order valence-electron chi connectivity index (χ1n) is 13.2. The van der Waals surface area contributed by atoms with Crippen molar-refractivity contribution in [2.45, 2.75) is 64.0 Å². The highest BCUT2D eigenvalue weighted by Gasteiger charge is 2.28. The van der Waals surface area contributed by atoms with E-state index in [0.29, 0.717) is 35.7 Å². The number of rotatable bonds is 10. The molecule has 1 saturated heterocycles. The number of aromatic nitrogens is 5. The van der Waals surface area contributed by atoms with Crippen molar-refractivity contribution in [3.63, 3.8) is 0 Å². The number of hydrogen-bond donors (Lipinski definition) is 3. The Labute approximate surface area is 222 Å². The fourth-order valence-corrected chi connectivity index (χ4v) is 6.56. The maximum atomic E-state index is 12.3. The molecule has 5 heterocycles. The smallest absolute Gasteiger partial charge is 0.323 e. The zero-order valence-corrected chi connectivity index (χ0v) is 22.3. The van der Waals surface area contributed by atoms with E-state index in [9.17, 15) is 18.3 Å². The highest BCUT2D eigenvalue weighted by molar-refractivity contribution is 7.89. The summed E-state index contributed by atoms with van der Waals surface area (Å²) in [5.74, 6) is 0.716. The molecule has 5 rings (SSSR count). The zero-order chi connectivity index (χ0) is 26.7. The molecule has 0 aromatic carbocycles. The quantitative estimate of drug-likeness (QED) is 0.347. The summed E-state index contributed by atoms with van der Waals surface area (Å²) in [5.41, 5.74) is 3.45. The predicted molar refractivity (Wildman–Crippen MR) is 144 cm³/mol. The minimum absolute atomic E-state index is 0.113. The Morgan fingerprint density at radius 1 is 1.24 bits per heavy atom. The molecule has 1 unspecified atom stereocenters. The fourth-order valence-electron chi connectivity index (χ4n) is 5.16. The first-order valence-corrected chi connectivity index (χ1v) is 14.9. The summed E-state index contributed by atoms with van der Waals surface area (Å²) < 4.78 is 28.5. The Kier molecular flexibility index (Phi) is 7.75. The van der Waals surface area contributed by atoms with Crippen molar-refractivity contribution < 1.29 is 18.3 Å². The molecule has 3 aromatic heterocycles. The van der Waals surface area contributed by atoms with Gasteiger partial charge in [-0.2, -0.15) is 4.72 Å². The summed E-state index contributed by atoms with van der Waals surface area (Å²) >= 11 is 0. The van der Waals surface area contributed by atoms with Gasteiger partial charge < -0.3 is 19.9 Å². The van der Waals surface area contributed by atoms with Crippen LogP contribution >= 0.6 is 0 Å². The molecule has 0 aliphatic carbocycles. The van der Waals surface area contributed by atoms with E-state index in [1.807, 2.05) is 6.92 Å². The van der Waals surface area contributed by atoms with Crippen LogP contribution in [0.3, 0.4) is 0 Å². The van der Waals surface area contributed by atoms with Crippen LogP contribution in [0.4, 0.5) is 11.6 Å². The molecule has 2 aliphatic heterocycles. The van der Waals surface area contributed by atoms with Gasteiger partial charge in [-0.1, -0.05) is 19.4 Å². The molecule has 2 aliphatic rings. The Balaban J connectivity index is 1.29. The number of anilines is 2. The number of carboxylic acids is 1. The van der Waals surface area contributed by atoms with Gasteiger partial charge in [0.1, 0.15) is 18.2 Å². The van der Waals surface area contributed by atoms with Gasteiger partial charge in [0.05, 0.1) is 18.6 Å². The van der Waals surface area contributed by atoms with Gasteiger partial charge in [0, 0.05) is 31.2 Å². The van der Waals surface area contributed by atoms with Crippen LogP contribution < -0.4 is 14.9 Å². The fraction of sp³-hybridized carbons (Fsp3) is 0.560. The molecule has 3 N–H and O–H groups in total. The van der Waals surface area contributed by atoms with E-state index < -0.39 is 22.0 Å². The zero-order valence-electron chi connectivity index (χ0n) is 21.5. The number of imidazole rings is 1. The topological polar surface area (TPSA) is 155 Å². The van der Waals surface area contributed by atoms with Crippen molar-refractivity contribution in [1.29, 1.82) is 0 Å². The second kappa shape index (κ2) is 11.2. The van der Waals surface area contributed by atoms with Crippen molar-refractivity contribution >= 4 is 38.8 Å². The molecule has 38 heavy (non-hydrogen) atoms. The summed E-state index contributed by atoms with van der Waals surface area (Å²) in [6, 6.07) is 3.03. The SMILES string of the molecule is CCCCS(=O)(=O)NC(Cn1cnc2c(N3CCC(c4ccc5c(n4)NCCC5)CC3)ncnc21)C(=O)O. The van der Waals surface area contributed by atoms with Gasteiger partial charge in [-0.25, -0.2) is 28.4 Å². The molecule has 12 nitrogen and oxygen atoms in total. The van der Waals surface area contributed by atoms with Crippen LogP contribution in [0.25, 0.3) is 11.2 Å². The number of aliphatic carboxylic acids is 1. The van der Waals surface area contributed by atoms with E-state index >= 15 is 0 Å². The third-order valence-corrected chi connectivity index (χ3v) is 8.75. The van der Waals surface area contributed by atoms with Crippen LogP contribution in [0.2, 0.25) is 0 Å². The van der Waals surface area contributed by atoms with Gasteiger partial charge in [-0.3, -0.25) is 4.79 Å². The van der Waals surface area contributed by atoms with E-state index in [-0.39, 0.29) is 12.3 Å². The highest BCUT2D eigenvalue weighted by atomic mass is 32.2. The lowest BCUT2D eigenvalue weighted by molar-refractivity contribution is -0.139. The Morgan fingerprint density at radius 3 is 2.82 bits per heavy atom. The molecule has 13 heteroatoms. The van der Waals surface area contributed by atoms with E-state index in [1.54, 1.807) is 4.57 Å². The highest BCUT2D eigenvalue weighted by Crippen LogP contribution is 2.32. The van der Waals surface area contributed by atoms with Gasteiger partial charge in [-0.15, -0.1) is 0 Å². The van der Waals surface area contributed by atoms with Gasteiger partial charge in [0.2, 0.25) is 10.0 Å². The maximum absolute atomic E-state index is 12.3. The number of carboxylic acid groups (broad SMARTS) is 1. The summed E-state index contributed by atoms with van der Waals surface area (Å²) in [7, 11) is -3.72. The van der Waals surface area contributed by atoms with Gasteiger partial charge >= 0.3 is 5.97 Å². The summed E-state index contributed by atoms with van der Waals surface area (Å²) in [6.07, 6.45) is 8.17. The minimum atomic E-state index is -3.72. The van der Waals surface area contributed by atoms with E-state index in [0.717, 1.165) is 56.8 Å². The lowest BCUT2D eigenvalue weighted by Gasteiger charge is -2.33. The van der Waals surface area contributed by atoms with Gasteiger partial charge in [0.25, 0.3) is 0 Å². The van der Waals surface area contributed by atoms with Crippen LogP contribution in [-0.4, -0.2) is 75.4 Å². The summed E-state index contributed by atoms with van der Waals surface area (Å²) in [6.45, 7) is 4.28. The Bertz CT molecular complexity index is 1400. The molecule has 0 amide bonds. The molecule has 0 radical (unpaired) electrons. The standard InChI is InChI=1S/C25H34N8O4S/c1-2-3-13-38(36,37)31-20(25(34)35)14-33-16-29-21-23(27-15-28-24(21)33)32-11-8-17(9-12-32)19-7-6-18-5-4-10-26-22(18)30-19/h6-7,15-17,20,31H,2-5,8-14H2,1H3,(H,26,30)(H,34,35). The largest absolute Gasteiger partial charge is 0.480 e. The predicted octanol–water partition coefficient (Wildman–Crippen LogP) is 2.14. The molecule has 204 valence electrons. The average molecular weight is 543 g/mol. The third kappa shape index (κ3) is 5.73. The number of nitrogens with zero attached hydrogens (tertiary/aromatic N) is 6. The van der Waals surface area contributed by atoms with Gasteiger partial charge in [-0.05, 0) is 43.7 Å². The number of unbranched alkanes of at least 4 members (excludes halogenated alkanes) is 1. The minimum Gasteiger partial charge on any atom is -0.480 e. The number of fused-ring (bicyclic) bond motifs is 2. The third-order valence-electron chi connectivity index (χ3n) is 7.28. The Morgan fingerprint density at radius 2 is 2.05 bits per heavy atom. The monoisotopic (exact) mass is 542 g/mol. The van der Waals surface area contributed by atoms with E-state index in [4.69, 9.17) is 4.98 Å². The average Bonchev–Trinajstić information content (AvgIpc) is 3.34. The molecular formula is C25H34N8O4S. The van der Waals surface area contributed by atoms with Crippen LogP contribution in [0, 0.1) is 0 Å². The molecule has 1 fully saturated rings. The normalized spacial score (nSPS) is 17.2. The molecular weight excluding hydrogens is 508 g/mol. The number of sulfonamides is 1. The first kappa shape index (κ1) is 26.3. The van der Waals surface area contributed by atoms with E-state index in [2.05, 4.69) is 42.0 Å². The molecule has 0 saturated carbocycles. The van der Waals surface area contributed by atoms with Crippen LogP contribution in [0.15, 0.2) is 24.8 Å². The molecule has 0 bridgehead atoms. The molecule has 1 atom stereocenters. The Hall–Kier alpha value is -3.32. The number of nitrogens with one attached hydrogen (secondary N) is 2. The number of aryl methyl sites for hydroxylation is 1. The van der Waals surface area contributed by atoms with Crippen molar-refractivity contribution in [3.8, 4) is 0 Å². The lowest BCUT2D eigenvalue weighted by Crippen LogP contribution is -2.44. The van der Waals surface area contributed by atoms with Crippen molar-refractivity contribution in [3.05, 3.63) is 36.0 Å². The molecule has 0 spiro atoms. The van der Waals surface area contributed by atoms with Crippen molar-refractivity contribution in [1.82, 2.24) is 29.2 Å². The van der Waals surface area contributed by atoms with Crippen LogP contribution in [0.5, 0.6) is 0 Å². The van der Waals surface area contributed by atoms with Crippen LogP contribution in [-0.2, 0) is 27.8 Å². The summed E-state index contributed by atoms with van der Waals surface area (Å²) in [5, 5.41) is 13.1.